The average molecular weight is 521 g/mol. The first-order valence-corrected chi connectivity index (χ1v) is 12.2. The van der Waals surface area contributed by atoms with Crippen LogP contribution in [0.15, 0.2) is 61.1 Å². The second-order valence-corrected chi connectivity index (χ2v) is 8.86. The summed E-state index contributed by atoms with van der Waals surface area (Å²) in [6, 6.07) is 11.0. The van der Waals surface area contributed by atoms with E-state index in [1.54, 1.807) is 43.6 Å². The molecule has 0 spiro atoms. The van der Waals surface area contributed by atoms with Crippen molar-refractivity contribution in [3.05, 3.63) is 78.3 Å². The second-order valence-electron chi connectivity index (χ2n) is 8.86. The standard InChI is InChI=1S/C19H17F2N3O2.C9H9NO2/c1-22-11-6-15(20)19(16(21)7-11)26-18-4-5-24-17-8-12(2-3-14(17)18)25-13-9-23-10-13;11-6-7-5-10-4-3-9(7)12-8-1-2-8/h2-8,13,22-23H,9-10H2,1H3;3-6,8H,1-2H2. The van der Waals surface area contributed by atoms with Gasteiger partial charge in [-0.15, -0.1) is 0 Å². The number of pyridine rings is 2. The van der Waals surface area contributed by atoms with Gasteiger partial charge in [0, 0.05) is 68.0 Å². The second kappa shape index (κ2) is 11.4. The summed E-state index contributed by atoms with van der Waals surface area (Å²) in [4.78, 5) is 18.6. The number of hydrogen-bond donors (Lipinski definition) is 2. The molecule has 1 saturated heterocycles. The number of benzene rings is 2. The molecular formula is C28H26F2N4O4. The van der Waals surface area contributed by atoms with Crippen molar-refractivity contribution >= 4 is 22.9 Å². The minimum atomic E-state index is -0.781. The summed E-state index contributed by atoms with van der Waals surface area (Å²) in [6.07, 6.45) is 8.12. The molecule has 1 aliphatic heterocycles. The number of nitrogens with one attached hydrogen (secondary N) is 2. The highest BCUT2D eigenvalue weighted by atomic mass is 19.1. The van der Waals surface area contributed by atoms with Crippen molar-refractivity contribution in [1.82, 2.24) is 15.3 Å². The minimum absolute atomic E-state index is 0.153. The van der Waals surface area contributed by atoms with E-state index in [2.05, 4.69) is 20.6 Å². The fourth-order valence-corrected chi connectivity index (χ4v) is 3.67. The Morgan fingerprint density at radius 3 is 2.39 bits per heavy atom. The van der Waals surface area contributed by atoms with E-state index >= 15 is 0 Å². The van der Waals surface area contributed by atoms with Crippen molar-refractivity contribution in [3.8, 4) is 23.0 Å². The molecule has 0 unspecified atom stereocenters. The van der Waals surface area contributed by atoms with Crippen molar-refractivity contribution in [1.29, 1.82) is 0 Å². The Hall–Kier alpha value is -4.31. The number of fused-ring (bicyclic) bond motifs is 1. The van der Waals surface area contributed by atoms with E-state index in [0.29, 0.717) is 45.5 Å². The van der Waals surface area contributed by atoms with Gasteiger partial charge in [-0.05, 0) is 37.1 Å². The number of rotatable bonds is 8. The lowest BCUT2D eigenvalue weighted by molar-refractivity contribution is 0.111. The zero-order valence-corrected chi connectivity index (χ0v) is 20.6. The lowest BCUT2D eigenvalue weighted by Crippen LogP contribution is -2.50. The van der Waals surface area contributed by atoms with E-state index < -0.39 is 17.4 Å². The highest BCUT2D eigenvalue weighted by Gasteiger charge is 2.24. The molecule has 1 saturated carbocycles. The van der Waals surface area contributed by atoms with Gasteiger partial charge < -0.3 is 24.8 Å². The molecule has 4 aromatic rings. The average Bonchev–Trinajstić information content (AvgIpc) is 3.73. The third-order valence-electron chi connectivity index (χ3n) is 5.98. The summed E-state index contributed by atoms with van der Waals surface area (Å²) < 4.78 is 45.2. The molecule has 0 atom stereocenters. The molecule has 38 heavy (non-hydrogen) atoms. The molecule has 1 aliphatic carbocycles. The summed E-state index contributed by atoms with van der Waals surface area (Å²) in [7, 11) is 1.59. The molecule has 0 amide bonds. The normalized spacial score (nSPS) is 14.6. The summed E-state index contributed by atoms with van der Waals surface area (Å²) >= 11 is 0. The molecule has 6 rings (SSSR count). The van der Waals surface area contributed by atoms with Gasteiger partial charge >= 0.3 is 0 Å². The summed E-state index contributed by atoms with van der Waals surface area (Å²) in [5.74, 6) is -0.334. The van der Waals surface area contributed by atoms with Crippen LogP contribution in [-0.4, -0.2) is 48.6 Å². The van der Waals surface area contributed by atoms with Crippen LogP contribution in [0.5, 0.6) is 23.0 Å². The van der Waals surface area contributed by atoms with Crippen LogP contribution in [0.1, 0.15) is 23.2 Å². The monoisotopic (exact) mass is 520 g/mol. The number of aromatic nitrogens is 2. The molecule has 2 aromatic carbocycles. The smallest absolute Gasteiger partial charge is 0.198 e. The highest BCUT2D eigenvalue weighted by molar-refractivity contribution is 5.86. The fourth-order valence-electron chi connectivity index (χ4n) is 3.67. The Balaban J connectivity index is 0.000000204. The van der Waals surface area contributed by atoms with Crippen LogP contribution in [0.3, 0.4) is 0 Å². The van der Waals surface area contributed by atoms with Crippen molar-refractivity contribution < 1.29 is 27.8 Å². The van der Waals surface area contributed by atoms with Gasteiger partial charge in [0.05, 0.1) is 17.2 Å². The maximum absolute atomic E-state index is 14.2. The Morgan fingerprint density at radius 2 is 1.74 bits per heavy atom. The Bertz CT molecular complexity index is 1420. The van der Waals surface area contributed by atoms with E-state index in [-0.39, 0.29) is 6.10 Å². The van der Waals surface area contributed by atoms with Crippen LogP contribution in [0, 0.1) is 11.6 Å². The Kier molecular flexibility index (Phi) is 7.60. The van der Waals surface area contributed by atoms with E-state index in [4.69, 9.17) is 14.2 Å². The highest BCUT2D eigenvalue weighted by Crippen LogP contribution is 2.35. The van der Waals surface area contributed by atoms with Gasteiger partial charge in [-0.2, -0.15) is 0 Å². The third-order valence-corrected chi connectivity index (χ3v) is 5.98. The first-order chi connectivity index (χ1) is 18.5. The maximum atomic E-state index is 14.2. The zero-order chi connectivity index (χ0) is 26.5. The van der Waals surface area contributed by atoms with Gasteiger partial charge in [-0.3, -0.25) is 14.8 Å². The predicted octanol–water partition coefficient (Wildman–Crippen LogP) is 5.13. The predicted molar refractivity (Wildman–Crippen MR) is 138 cm³/mol. The first kappa shape index (κ1) is 25.3. The molecule has 10 heteroatoms. The van der Waals surface area contributed by atoms with E-state index in [9.17, 15) is 13.6 Å². The number of carbonyl (C=O) groups excluding carboxylic acids is 1. The maximum Gasteiger partial charge on any atom is 0.198 e. The number of anilines is 1. The largest absolute Gasteiger partial charge is 0.490 e. The topological polar surface area (TPSA) is 94.6 Å². The number of aldehydes is 1. The Labute approximate surface area is 218 Å². The van der Waals surface area contributed by atoms with Crippen LogP contribution in [0.2, 0.25) is 0 Å². The Morgan fingerprint density at radius 1 is 0.974 bits per heavy atom. The van der Waals surface area contributed by atoms with Gasteiger partial charge in [0.25, 0.3) is 0 Å². The third kappa shape index (κ3) is 5.97. The van der Waals surface area contributed by atoms with Crippen LogP contribution < -0.4 is 24.8 Å². The minimum Gasteiger partial charge on any atom is -0.490 e. The van der Waals surface area contributed by atoms with Gasteiger partial charge in [0.15, 0.2) is 23.7 Å². The quantitative estimate of drug-likeness (QED) is 0.309. The van der Waals surface area contributed by atoms with E-state index in [0.717, 1.165) is 32.2 Å². The van der Waals surface area contributed by atoms with Crippen LogP contribution in [0.4, 0.5) is 14.5 Å². The van der Waals surface area contributed by atoms with Gasteiger partial charge in [0.2, 0.25) is 0 Å². The molecule has 8 nitrogen and oxygen atoms in total. The first-order valence-electron chi connectivity index (χ1n) is 12.2. The number of carbonyl (C=O) groups is 1. The van der Waals surface area contributed by atoms with Gasteiger partial charge in [0.1, 0.15) is 23.4 Å². The van der Waals surface area contributed by atoms with Crippen molar-refractivity contribution in [3.63, 3.8) is 0 Å². The lowest BCUT2D eigenvalue weighted by Gasteiger charge is -2.27. The summed E-state index contributed by atoms with van der Waals surface area (Å²) in [6.45, 7) is 1.63. The van der Waals surface area contributed by atoms with E-state index in [1.807, 2.05) is 0 Å². The molecular weight excluding hydrogens is 494 g/mol. The molecule has 0 bridgehead atoms. The number of nitrogens with zero attached hydrogens (tertiary/aromatic N) is 2. The number of hydrogen-bond acceptors (Lipinski definition) is 8. The molecule has 2 N–H and O–H groups in total. The van der Waals surface area contributed by atoms with Crippen LogP contribution >= 0.6 is 0 Å². The van der Waals surface area contributed by atoms with Crippen molar-refractivity contribution in [2.45, 2.75) is 25.0 Å². The van der Waals surface area contributed by atoms with Crippen molar-refractivity contribution in [2.24, 2.45) is 0 Å². The molecule has 2 aliphatic rings. The van der Waals surface area contributed by atoms with E-state index in [1.165, 1.54) is 24.5 Å². The lowest BCUT2D eigenvalue weighted by atomic mass is 10.2. The molecule has 0 radical (unpaired) electrons. The number of ether oxygens (including phenoxy) is 3. The SMILES string of the molecule is CNc1cc(F)c(Oc2ccnc3cc(OC4CNC4)ccc23)c(F)c1.O=Cc1cnccc1OC1CC1. The van der Waals surface area contributed by atoms with Crippen LogP contribution in [0.25, 0.3) is 10.9 Å². The molecule has 2 aromatic heterocycles. The number of halogens is 2. The van der Waals surface area contributed by atoms with Gasteiger partial charge in [-0.1, -0.05) is 0 Å². The molecule has 2 fully saturated rings. The molecule has 3 heterocycles. The van der Waals surface area contributed by atoms with Gasteiger partial charge in [-0.25, -0.2) is 8.78 Å². The van der Waals surface area contributed by atoms with Crippen LogP contribution in [-0.2, 0) is 0 Å². The summed E-state index contributed by atoms with van der Waals surface area (Å²) in [5, 5.41) is 6.48. The van der Waals surface area contributed by atoms with Crippen molar-refractivity contribution in [2.75, 3.05) is 25.5 Å². The summed E-state index contributed by atoms with van der Waals surface area (Å²) in [5.41, 5.74) is 1.49. The zero-order valence-electron chi connectivity index (χ0n) is 20.6. The molecule has 196 valence electrons. The fraction of sp³-hybridized carbons (Fsp3) is 0.250.